The first-order chi connectivity index (χ1) is 8.15. The van der Waals surface area contributed by atoms with Crippen LogP contribution in [0.1, 0.15) is 30.4 Å². The van der Waals surface area contributed by atoms with Crippen molar-refractivity contribution in [3.63, 3.8) is 0 Å². The average molecular weight is 249 g/mol. The zero-order valence-electron chi connectivity index (χ0n) is 10.2. The van der Waals surface area contributed by atoms with Gasteiger partial charge in [0.1, 0.15) is 0 Å². The van der Waals surface area contributed by atoms with E-state index in [1.165, 1.54) is 11.1 Å². The van der Waals surface area contributed by atoms with E-state index in [-0.39, 0.29) is 11.3 Å². The van der Waals surface area contributed by atoms with Gasteiger partial charge in [-0.1, -0.05) is 24.3 Å². The van der Waals surface area contributed by atoms with E-state index in [1.54, 1.807) is 0 Å². The molecule has 0 saturated heterocycles. The molecule has 0 aromatic heterocycles. The van der Waals surface area contributed by atoms with E-state index in [1.807, 2.05) is 12.1 Å². The lowest BCUT2D eigenvalue weighted by atomic mass is 10.0. The second-order valence-corrected chi connectivity index (χ2v) is 5.35. The Balaban J connectivity index is 1.82. The van der Waals surface area contributed by atoms with Gasteiger partial charge in [-0.3, -0.25) is 4.79 Å². The van der Waals surface area contributed by atoms with Crippen molar-refractivity contribution in [2.75, 3.05) is 5.75 Å². The fourth-order valence-corrected chi connectivity index (χ4v) is 2.40. The van der Waals surface area contributed by atoms with Crippen LogP contribution >= 0.6 is 12.6 Å². The van der Waals surface area contributed by atoms with Gasteiger partial charge < -0.3 is 5.32 Å². The van der Waals surface area contributed by atoms with Crippen LogP contribution in [0, 0.1) is 12.3 Å². The number of benzene rings is 1. The molecule has 1 N–H and O–H groups in total. The maximum atomic E-state index is 11.8. The van der Waals surface area contributed by atoms with E-state index in [4.69, 9.17) is 0 Å². The van der Waals surface area contributed by atoms with Crippen LogP contribution in [0.25, 0.3) is 0 Å². The second kappa shape index (κ2) is 5.13. The number of hydrogen-bond donors (Lipinski definition) is 2. The van der Waals surface area contributed by atoms with Gasteiger partial charge in [0.05, 0.1) is 0 Å². The summed E-state index contributed by atoms with van der Waals surface area (Å²) in [5, 5.41) is 3.00. The first-order valence-electron chi connectivity index (χ1n) is 6.07. The highest BCUT2D eigenvalue weighted by Gasteiger charge is 2.42. The first kappa shape index (κ1) is 12.5. The summed E-state index contributed by atoms with van der Waals surface area (Å²) in [6.45, 7) is 2.70. The van der Waals surface area contributed by atoms with Crippen molar-refractivity contribution >= 4 is 18.5 Å². The summed E-state index contributed by atoms with van der Waals surface area (Å²) < 4.78 is 0. The van der Waals surface area contributed by atoms with Crippen molar-refractivity contribution in [3.05, 3.63) is 35.4 Å². The fraction of sp³-hybridized carbons (Fsp3) is 0.500. The van der Waals surface area contributed by atoms with E-state index < -0.39 is 0 Å². The topological polar surface area (TPSA) is 29.1 Å². The zero-order valence-corrected chi connectivity index (χ0v) is 11.1. The summed E-state index contributed by atoms with van der Waals surface area (Å²) in [5.74, 6) is 0.977. The highest BCUT2D eigenvalue weighted by atomic mass is 32.1. The maximum Gasteiger partial charge on any atom is 0.220 e. The van der Waals surface area contributed by atoms with Gasteiger partial charge in [0.15, 0.2) is 0 Å². The summed E-state index contributed by atoms with van der Waals surface area (Å²) in [6.07, 6.45) is 2.92. The van der Waals surface area contributed by atoms with Gasteiger partial charge >= 0.3 is 0 Å². The molecule has 1 fully saturated rings. The van der Waals surface area contributed by atoms with Gasteiger partial charge in [0.2, 0.25) is 5.91 Å². The number of nitrogens with one attached hydrogen (secondary N) is 1. The van der Waals surface area contributed by atoms with Crippen LogP contribution in [0.3, 0.4) is 0 Å². The molecule has 3 heteroatoms. The molecule has 92 valence electrons. The summed E-state index contributed by atoms with van der Waals surface area (Å²) in [7, 11) is 0. The molecule has 1 aromatic carbocycles. The zero-order chi connectivity index (χ0) is 12.3. The fourth-order valence-electron chi connectivity index (χ4n) is 1.97. The Kier molecular flexibility index (Phi) is 3.77. The molecule has 0 unspecified atom stereocenters. The lowest BCUT2D eigenvalue weighted by molar-refractivity contribution is -0.122. The molecule has 0 atom stereocenters. The van der Waals surface area contributed by atoms with Crippen molar-refractivity contribution in [3.8, 4) is 0 Å². The number of hydrogen-bond acceptors (Lipinski definition) is 2. The largest absolute Gasteiger partial charge is 0.352 e. The quantitative estimate of drug-likeness (QED) is 0.772. The van der Waals surface area contributed by atoms with Crippen molar-refractivity contribution < 1.29 is 4.79 Å². The molecule has 1 saturated carbocycles. The summed E-state index contributed by atoms with van der Waals surface area (Å²) in [4.78, 5) is 11.8. The van der Waals surface area contributed by atoms with Crippen LogP contribution in [0.2, 0.25) is 0 Å². The standard InChI is InChI=1S/C14H19NOS/c1-11-4-2-3-5-12(11)9-15-13(16)8-14(10-17)6-7-14/h2-5,17H,6-10H2,1H3,(H,15,16). The van der Waals surface area contributed by atoms with Gasteiger partial charge in [-0.15, -0.1) is 0 Å². The van der Waals surface area contributed by atoms with E-state index in [2.05, 4.69) is 37.0 Å². The molecule has 17 heavy (non-hydrogen) atoms. The average Bonchev–Trinajstić information content (AvgIpc) is 3.08. The minimum atomic E-state index is 0.153. The molecule has 2 nitrogen and oxygen atoms in total. The highest BCUT2D eigenvalue weighted by molar-refractivity contribution is 7.80. The van der Waals surface area contributed by atoms with Crippen LogP contribution < -0.4 is 5.32 Å². The van der Waals surface area contributed by atoms with Gasteiger partial charge in [-0.05, 0) is 42.1 Å². The smallest absolute Gasteiger partial charge is 0.220 e. The first-order valence-corrected chi connectivity index (χ1v) is 6.71. The van der Waals surface area contributed by atoms with E-state index >= 15 is 0 Å². The third-order valence-electron chi connectivity index (χ3n) is 3.57. The van der Waals surface area contributed by atoms with Gasteiger partial charge in [-0.2, -0.15) is 12.6 Å². The maximum absolute atomic E-state index is 11.8. The van der Waals surface area contributed by atoms with Crippen LogP contribution in [0.15, 0.2) is 24.3 Å². The normalized spacial score (nSPS) is 16.6. The van der Waals surface area contributed by atoms with E-state index in [0.717, 1.165) is 18.6 Å². The van der Waals surface area contributed by atoms with Crippen molar-refractivity contribution in [2.24, 2.45) is 5.41 Å². The molecule has 1 aliphatic carbocycles. The number of rotatable bonds is 5. The second-order valence-electron chi connectivity index (χ2n) is 5.04. The Bertz CT molecular complexity index is 412. The number of thiol groups is 1. The minimum Gasteiger partial charge on any atom is -0.352 e. The summed E-state index contributed by atoms with van der Waals surface area (Å²) in [5.41, 5.74) is 2.62. The third-order valence-corrected chi connectivity index (χ3v) is 4.24. The Morgan fingerprint density at radius 1 is 1.41 bits per heavy atom. The molecular formula is C14H19NOS. The highest BCUT2D eigenvalue weighted by Crippen LogP contribution is 2.49. The number of carbonyl (C=O) groups excluding carboxylic acids is 1. The van der Waals surface area contributed by atoms with Crippen molar-refractivity contribution in [2.45, 2.75) is 32.7 Å². The number of carbonyl (C=O) groups is 1. The SMILES string of the molecule is Cc1ccccc1CNC(=O)CC1(CS)CC1. The molecule has 0 aliphatic heterocycles. The number of aryl methyl sites for hydroxylation is 1. The number of amides is 1. The lowest BCUT2D eigenvalue weighted by Crippen LogP contribution is -2.26. The van der Waals surface area contributed by atoms with Crippen LogP contribution in [-0.4, -0.2) is 11.7 Å². The van der Waals surface area contributed by atoms with Crippen molar-refractivity contribution in [1.82, 2.24) is 5.32 Å². The van der Waals surface area contributed by atoms with Crippen LogP contribution in [0.5, 0.6) is 0 Å². The van der Waals surface area contributed by atoms with Crippen molar-refractivity contribution in [1.29, 1.82) is 0 Å². The Hall–Kier alpha value is -0.960. The lowest BCUT2D eigenvalue weighted by Gasteiger charge is -2.12. The molecule has 0 radical (unpaired) electrons. The van der Waals surface area contributed by atoms with Crippen LogP contribution in [-0.2, 0) is 11.3 Å². The summed E-state index contributed by atoms with van der Waals surface area (Å²) >= 11 is 4.31. The Morgan fingerprint density at radius 3 is 2.71 bits per heavy atom. The van der Waals surface area contributed by atoms with Gasteiger partial charge in [-0.25, -0.2) is 0 Å². The Labute approximate surface area is 108 Å². The van der Waals surface area contributed by atoms with E-state index in [9.17, 15) is 4.79 Å². The Morgan fingerprint density at radius 2 is 2.12 bits per heavy atom. The minimum absolute atomic E-state index is 0.153. The molecule has 1 aromatic rings. The third kappa shape index (κ3) is 3.25. The molecule has 0 bridgehead atoms. The molecular weight excluding hydrogens is 230 g/mol. The predicted molar refractivity (Wildman–Crippen MR) is 73.2 cm³/mol. The molecule has 1 amide bonds. The van der Waals surface area contributed by atoms with Gasteiger partial charge in [0.25, 0.3) is 0 Å². The van der Waals surface area contributed by atoms with Gasteiger partial charge in [0, 0.05) is 13.0 Å². The predicted octanol–water partition coefficient (Wildman–Crippen LogP) is 2.71. The summed E-state index contributed by atoms with van der Waals surface area (Å²) in [6, 6.07) is 8.14. The van der Waals surface area contributed by atoms with E-state index in [0.29, 0.717) is 13.0 Å². The van der Waals surface area contributed by atoms with Crippen LogP contribution in [0.4, 0.5) is 0 Å². The molecule has 1 aliphatic rings. The molecule has 2 rings (SSSR count). The molecule has 0 spiro atoms. The monoisotopic (exact) mass is 249 g/mol. The molecule has 0 heterocycles.